The summed E-state index contributed by atoms with van der Waals surface area (Å²) in [6.45, 7) is 0.581. The number of carboxylic acid groups (broad SMARTS) is 1. The number of rotatable bonds is 9. The van der Waals surface area contributed by atoms with Crippen molar-refractivity contribution in [3.63, 3.8) is 0 Å². The zero-order valence-corrected chi connectivity index (χ0v) is 21.0. The average molecular weight is 555 g/mol. The van der Waals surface area contributed by atoms with E-state index in [2.05, 4.69) is 50.8 Å². The number of para-hydroxylation sites is 1. The standard InChI is InChI=1S/C26H23BrN2O5S/c27-22-11-5-10-20(25(31)32)24(22)29-23(30)15-35-13-12-28-26(33)34-14-21-18-8-3-1-6-16(18)17-7-2-4-9-19(17)21/h1-11,21H,12-15H2,(H,28,33)(H,29,30)(H,31,32). The zero-order chi connectivity index (χ0) is 24.8. The maximum Gasteiger partial charge on any atom is 0.407 e. The lowest BCUT2D eigenvalue weighted by atomic mass is 9.98. The van der Waals surface area contributed by atoms with Gasteiger partial charge in [-0.05, 0) is 50.3 Å². The van der Waals surface area contributed by atoms with Gasteiger partial charge in [0.1, 0.15) is 6.61 Å². The topological polar surface area (TPSA) is 105 Å². The van der Waals surface area contributed by atoms with Gasteiger partial charge in [0.2, 0.25) is 5.91 Å². The maximum atomic E-state index is 12.2. The van der Waals surface area contributed by atoms with Crippen molar-refractivity contribution < 1.29 is 24.2 Å². The number of hydrogen-bond donors (Lipinski definition) is 3. The summed E-state index contributed by atoms with van der Waals surface area (Å²) in [5.74, 6) is -0.835. The van der Waals surface area contributed by atoms with Crippen LogP contribution in [0.15, 0.2) is 71.2 Å². The van der Waals surface area contributed by atoms with E-state index in [1.807, 2.05) is 24.3 Å². The summed E-state index contributed by atoms with van der Waals surface area (Å²) >= 11 is 4.59. The Hall–Kier alpha value is -3.30. The molecule has 9 heteroatoms. The monoisotopic (exact) mass is 554 g/mol. The summed E-state index contributed by atoms with van der Waals surface area (Å²) in [5.41, 5.74) is 4.88. The molecule has 0 fully saturated rings. The van der Waals surface area contributed by atoms with Crippen LogP contribution >= 0.6 is 27.7 Å². The van der Waals surface area contributed by atoms with Crippen LogP contribution in [-0.2, 0) is 9.53 Å². The minimum atomic E-state index is -1.12. The van der Waals surface area contributed by atoms with Crippen LogP contribution in [0.2, 0.25) is 0 Å². The first-order valence-corrected chi connectivity index (χ1v) is 12.9. The summed E-state index contributed by atoms with van der Waals surface area (Å²) in [5, 5.41) is 14.6. The Balaban J connectivity index is 1.19. The maximum absolute atomic E-state index is 12.2. The minimum Gasteiger partial charge on any atom is -0.478 e. The van der Waals surface area contributed by atoms with Crippen molar-refractivity contribution in [1.82, 2.24) is 5.32 Å². The molecule has 0 spiro atoms. The second kappa shape index (κ2) is 11.4. The van der Waals surface area contributed by atoms with Gasteiger partial charge >= 0.3 is 12.1 Å². The molecule has 0 radical (unpaired) electrons. The molecule has 0 saturated heterocycles. The number of fused-ring (bicyclic) bond motifs is 3. The largest absolute Gasteiger partial charge is 0.478 e. The number of thioether (sulfide) groups is 1. The molecule has 0 unspecified atom stereocenters. The number of amides is 2. The first-order valence-electron chi connectivity index (χ1n) is 10.9. The van der Waals surface area contributed by atoms with Crippen LogP contribution in [-0.4, -0.2) is 47.7 Å². The number of carboxylic acids is 1. The van der Waals surface area contributed by atoms with E-state index in [0.717, 1.165) is 11.1 Å². The van der Waals surface area contributed by atoms with Crippen LogP contribution in [0.3, 0.4) is 0 Å². The number of anilines is 1. The number of hydrogen-bond acceptors (Lipinski definition) is 5. The molecule has 0 heterocycles. The molecule has 0 aliphatic heterocycles. The summed E-state index contributed by atoms with van der Waals surface area (Å²) in [4.78, 5) is 35.8. The SMILES string of the molecule is O=C(CSCCNC(=O)OCC1c2ccccc2-c2ccccc21)Nc1c(Br)cccc1C(=O)O. The Morgan fingerprint density at radius 3 is 2.26 bits per heavy atom. The molecule has 1 aliphatic carbocycles. The third-order valence-electron chi connectivity index (χ3n) is 5.60. The Kier molecular flexibility index (Phi) is 8.09. The van der Waals surface area contributed by atoms with Gasteiger partial charge in [-0.1, -0.05) is 54.6 Å². The fraction of sp³-hybridized carbons (Fsp3) is 0.192. The summed E-state index contributed by atoms with van der Waals surface area (Å²) in [6.07, 6.45) is -0.503. The highest BCUT2D eigenvalue weighted by molar-refractivity contribution is 9.10. The van der Waals surface area contributed by atoms with Gasteiger partial charge in [-0.3, -0.25) is 4.79 Å². The predicted octanol–water partition coefficient (Wildman–Crippen LogP) is 5.36. The Labute approximate surface area is 215 Å². The van der Waals surface area contributed by atoms with Gasteiger partial charge < -0.3 is 20.5 Å². The molecule has 35 heavy (non-hydrogen) atoms. The number of alkyl carbamates (subject to hydrolysis) is 1. The number of halogens is 1. The first-order chi connectivity index (χ1) is 17.0. The minimum absolute atomic E-state index is 0.000718. The highest BCUT2D eigenvalue weighted by atomic mass is 79.9. The van der Waals surface area contributed by atoms with E-state index in [9.17, 15) is 19.5 Å². The lowest BCUT2D eigenvalue weighted by molar-refractivity contribution is -0.113. The summed E-state index contributed by atoms with van der Waals surface area (Å²) < 4.78 is 5.99. The highest BCUT2D eigenvalue weighted by Gasteiger charge is 2.28. The fourth-order valence-corrected chi connectivity index (χ4v) is 5.16. The average Bonchev–Trinajstić information content (AvgIpc) is 3.17. The number of benzene rings is 3. The lowest BCUT2D eigenvalue weighted by Gasteiger charge is -2.14. The number of nitrogens with one attached hydrogen (secondary N) is 2. The van der Waals surface area contributed by atoms with Crippen LogP contribution in [0.1, 0.15) is 27.4 Å². The van der Waals surface area contributed by atoms with E-state index in [-0.39, 0.29) is 35.4 Å². The van der Waals surface area contributed by atoms with Crippen molar-refractivity contribution in [2.75, 3.05) is 30.0 Å². The van der Waals surface area contributed by atoms with Crippen LogP contribution < -0.4 is 10.6 Å². The molecule has 7 nitrogen and oxygen atoms in total. The fourth-order valence-electron chi connectivity index (χ4n) is 4.04. The van der Waals surface area contributed by atoms with E-state index in [1.54, 1.807) is 12.1 Å². The van der Waals surface area contributed by atoms with Crippen LogP contribution in [0.4, 0.5) is 10.5 Å². The van der Waals surface area contributed by atoms with Crippen molar-refractivity contribution in [3.05, 3.63) is 87.9 Å². The second-order valence-electron chi connectivity index (χ2n) is 7.82. The molecule has 3 aromatic rings. The predicted molar refractivity (Wildman–Crippen MR) is 140 cm³/mol. The van der Waals surface area contributed by atoms with Gasteiger partial charge in [0.15, 0.2) is 0 Å². The van der Waals surface area contributed by atoms with E-state index in [4.69, 9.17) is 4.74 Å². The van der Waals surface area contributed by atoms with Crippen LogP contribution in [0.25, 0.3) is 11.1 Å². The number of carbonyl (C=O) groups excluding carboxylic acids is 2. The van der Waals surface area contributed by atoms with Gasteiger partial charge in [0, 0.05) is 22.7 Å². The summed E-state index contributed by atoms with van der Waals surface area (Å²) in [7, 11) is 0. The van der Waals surface area contributed by atoms with Crippen molar-refractivity contribution in [2.45, 2.75) is 5.92 Å². The first kappa shape index (κ1) is 24.8. The smallest absolute Gasteiger partial charge is 0.407 e. The summed E-state index contributed by atoms with van der Waals surface area (Å²) in [6, 6.07) is 21.0. The van der Waals surface area contributed by atoms with E-state index in [0.29, 0.717) is 16.8 Å². The number of aromatic carboxylic acids is 1. The molecular weight excluding hydrogens is 532 g/mol. The number of ether oxygens (including phenoxy) is 1. The van der Waals surface area contributed by atoms with Gasteiger partial charge in [-0.15, -0.1) is 0 Å². The molecule has 180 valence electrons. The van der Waals surface area contributed by atoms with Crippen molar-refractivity contribution in [3.8, 4) is 11.1 Å². The molecular formula is C26H23BrN2O5S. The molecule has 0 aromatic heterocycles. The molecule has 1 aliphatic rings. The van der Waals surface area contributed by atoms with Crippen LogP contribution in [0.5, 0.6) is 0 Å². The van der Waals surface area contributed by atoms with Crippen molar-refractivity contribution >= 4 is 51.3 Å². The third kappa shape index (κ3) is 5.86. The second-order valence-corrected chi connectivity index (χ2v) is 9.78. The molecule has 0 atom stereocenters. The Bertz CT molecular complexity index is 1220. The van der Waals surface area contributed by atoms with Gasteiger partial charge in [-0.2, -0.15) is 11.8 Å². The van der Waals surface area contributed by atoms with Gasteiger partial charge in [-0.25, -0.2) is 9.59 Å². The highest BCUT2D eigenvalue weighted by Crippen LogP contribution is 2.44. The van der Waals surface area contributed by atoms with E-state index < -0.39 is 12.1 Å². The Morgan fingerprint density at radius 1 is 0.943 bits per heavy atom. The van der Waals surface area contributed by atoms with Crippen molar-refractivity contribution in [1.29, 1.82) is 0 Å². The van der Waals surface area contributed by atoms with Gasteiger partial charge in [0.25, 0.3) is 0 Å². The number of carbonyl (C=O) groups is 3. The molecule has 0 saturated carbocycles. The van der Waals surface area contributed by atoms with E-state index in [1.165, 1.54) is 29.0 Å². The molecule has 3 aromatic carbocycles. The molecule has 3 N–H and O–H groups in total. The zero-order valence-electron chi connectivity index (χ0n) is 18.6. The normalized spacial score (nSPS) is 11.9. The Morgan fingerprint density at radius 2 is 1.60 bits per heavy atom. The van der Waals surface area contributed by atoms with Crippen LogP contribution in [0, 0.1) is 0 Å². The van der Waals surface area contributed by atoms with E-state index >= 15 is 0 Å². The van der Waals surface area contributed by atoms with Gasteiger partial charge in [0.05, 0.1) is 17.0 Å². The van der Waals surface area contributed by atoms with Crippen molar-refractivity contribution in [2.24, 2.45) is 0 Å². The molecule has 4 rings (SSSR count). The lowest BCUT2D eigenvalue weighted by Crippen LogP contribution is -2.28. The molecule has 0 bridgehead atoms. The third-order valence-corrected chi connectivity index (χ3v) is 7.22. The quantitative estimate of drug-likeness (QED) is 0.307. The molecule has 2 amide bonds.